The van der Waals surface area contributed by atoms with Crippen molar-refractivity contribution in [1.82, 2.24) is 10.0 Å². The number of thioether (sulfide) groups is 1. The monoisotopic (exact) mass is 372 g/mol. The van der Waals surface area contributed by atoms with Crippen LogP contribution in [0, 0.1) is 6.92 Å². The van der Waals surface area contributed by atoms with Crippen molar-refractivity contribution in [1.29, 1.82) is 0 Å². The lowest BCUT2D eigenvalue weighted by atomic mass is 10.1. The third-order valence-corrected chi connectivity index (χ3v) is 6.02. The van der Waals surface area contributed by atoms with E-state index in [-0.39, 0.29) is 16.8 Å². The highest BCUT2D eigenvalue weighted by molar-refractivity contribution is 7.98. The molecule has 1 amide bonds. The van der Waals surface area contributed by atoms with Crippen molar-refractivity contribution in [3.05, 3.63) is 29.8 Å². The zero-order valence-corrected chi connectivity index (χ0v) is 16.5. The van der Waals surface area contributed by atoms with Crippen LogP contribution in [0.15, 0.2) is 29.2 Å². The van der Waals surface area contributed by atoms with E-state index in [1.165, 1.54) is 0 Å². The Hall–Kier alpha value is -1.05. The number of sulfonamides is 1. The van der Waals surface area contributed by atoms with Crippen molar-refractivity contribution in [2.75, 3.05) is 12.0 Å². The number of hydrogen-bond acceptors (Lipinski definition) is 4. The van der Waals surface area contributed by atoms with Crippen LogP contribution in [0.2, 0.25) is 0 Å². The van der Waals surface area contributed by atoms with Gasteiger partial charge in [0.2, 0.25) is 15.9 Å². The first kappa shape index (κ1) is 21.0. The highest BCUT2D eigenvalue weighted by Crippen LogP contribution is 2.12. The predicted octanol–water partition coefficient (Wildman–Crippen LogP) is 2.70. The molecule has 0 bridgehead atoms. The first-order valence-corrected chi connectivity index (χ1v) is 11.1. The zero-order valence-electron chi connectivity index (χ0n) is 14.8. The molecule has 0 heterocycles. The fraction of sp³-hybridized carbons (Fsp3) is 0.588. The van der Waals surface area contributed by atoms with Crippen molar-refractivity contribution in [2.24, 2.45) is 0 Å². The van der Waals surface area contributed by atoms with Gasteiger partial charge in [-0.25, -0.2) is 8.42 Å². The Morgan fingerprint density at radius 2 is 1.75 bits per heavy atom. The van der Waals surface area contributed by atoms with E-state index in [4.69, 9.17) is 0 Å². The van der Waals surface area contributed by atoms with Gasteiger partial charge in [0.05, 0.1) is 4.90 Å². The van der Waals surface area contributed by atoms with Crippen LogP contribution in [0.3, 0.4) is 0 Å². The number of carbonyl (C=O) groups is 1. The predicted molar refractivity (Wildman–Crippen MR) is 101 cm³/mol. The molecule has 1 atom stereocenters. The van der Waals surface area contributed by atoms with E-state index in [0.717, 1.165) is 18.4 Å². The first-order chi connectivity index (χ1) is 11.3. The Bertz CT molecular complexity index is 611. The standard InChI is InChI=1S/C17H28N2O3S2/c1-5-14(6-2)18-17(20)16(11-12-23-4)19-24(21,22)15-9-7-13(3)8-10-15/h7-10,14,16,19H,5-6,11-12H2,1-4H3,(H,18,20). The lowest BCUT2D eigenvalue weighted by molar-refractivity contribution is -0.123. The van der Waals surface area contributed by atoms with Gasteiger partial charge in [-0.3, -0.25) is 4.79 Å². The lowest BCUT2D eigenvalue weighted by Crippen LogP contribution is -2.49. The molecule has 1 rings (SSSR count). The fourth-order valence-corrected chi connectivity index (χ4v) is 3.95. The summed E-state index contributed by atoms with van der Waals surface area (Å²) in [5, 5.41) is 2.93. The summed E-state index contributed by atoms with van der Waals surface area (Å²) in [6, 6.07) is 5.91. The topological polar surface area (TPSA) is 75.3 Å². The van der Waals surface area contributed by atoms with Gasteiger partial charge in [-0.2, -0.15) is 16.5 Å². The molecule has 7 heteroatoms. The number of carbonyl (C=O) groups excluding carboxylic acids is 1. The minimum Gasteiger partial charge on any atom is -0.352 e. The Morgan fingerprint density at radius 3 is 2.25 bits per heavy atom. The molecule has 0 radical (unpaired) electrons. The molecule has 136 valence electrons. The molecule has 0 aliphatic carbocycles. The molecule has 0 spiro atoms. The molecule has 0 aliphatic heterocycles. The van der Waals surface area contributed by atoms with Crippen LogP contribution < -0.4 is 10.0 Å². The van der Waals surface area contributed by atoms with E-state index in [0.29, 0.717) is 12.2 Å². The minimum atomic E-state index is -3.72. The molecule has 0 aromatic heterocycles. The van der Waals surface area contributed by atoms with Crippen LogP contribution >= 0.6 is 11.8 Å². The minimum absolute atomic E-state index is 0.0677. The average molecular weight is 373 g/mol. The van der Waals surface area contributed by atoms with E-state index in [1.807, 2.05) is 27.0 Å². The number of nitrogens with one attached hydrogen (secondary N) is 2. The molecule has 2 N–H and O–H groups in total. The third kappa shape index (κ3) is 6.45. The zero-order chi connectivity index (χ0) is 18.2. The van der Waals surface area contributed by atoms with Gasteiger partial charge < -0.3 is 5.32 Å². The van der Waals surface area contributed by atoms with E-state index in [2.05, 4.69) is 10.0 Å². The first-order valence-electron chi connectivity index (χ1n) is 8.22. The lowest BCUT2D eigenvalue weighted by Gasteiger charge is -2.22. The van der Waals surface area contributed by atoms with Gasteiger partial charge in [0.15, 0.2) is 0 Å². The molecule has 5 nitrogen and oxygen atoms in total. The summed E-state index contributed by atoms with van der Waals surface area (Å²) >= 11 is 1.59. The second kappa shape index (κ2) is 10.1. The fourth-order valence-electron chi connectivity index (χ4n) is 2.25. The quantitative estimate of drug-likeness (QED) is 0.662. The second-order valence-electron chi connectivity index (χ2n) is 5.79. The number of hydrogen-bond donors (Lipinski definition) is 2. The Labute approximate surface area is 150 Å². The molecule has 0 saturated heterocycles. The number of aryl methyl sites for hydroxylation is 1. The summed E-state index contributed by atoms with van der Waals surface area (Å²) in [6.07, 6.45) is 4.03. The van der Waals surface area contributed by atoms with Gasteiger partial charge in [-0.05, 0) is 50.3 Å². The van der Waals surface area contributed by atoms with E-state index in [9.17, 15) is 13.2 Å². The van der Waals surface area contributed by atoms with Gasteiger partial charge in [-0.1, -0.05) is 31.5 Å². The largest absolute Gasteiger partial charge is 0.352 e. The summed E-state index contributed by atoms with van der Waals surface area (Å²) < 4.78 is 27.7. The van der Waals surface area contributed by atoms with Crippen molar-refractivity contribution in [2.45, 2.75) is 57.0 Å². The van der Waals surface area contributed by atoms with Gasteiger partial charge in [0.25, 0.3) is 0 Å². The van der Waals surface area contributed by atoms with Crippen molar-refractivity contribution < 1.29 is 13.2 Å². The number of benzene rings is 1. The molecule has 0 aliphatic rings. The maximum atomic E-state index is 12.5. The number of amides is 1. The molecule has 24 heavy (non-hydrogen) atoms. The van der Waals surface area contributed by atoms with Gasteiger partial charge in [0.1, 0.15) is 6.04 Å². The van der Waals surface area contributed by atoms with E-state index >= 15 is 0 Å². The average Bonchev–Trinajstić information content (AvgIpc) is 2.56. The van der Waals surface area contributed by atoms with Crippen LogP contribution in [0.5, 0.6) is 0 Å². The third-order valence-electron chi connectivity index (χ3n) is 3.89. The van der Waals surface area contributed by atoms with Gasteiger partial charge in [-0.15, -0.1) is 0 Å². The Morgan fingerprint density at radius 1 is 1.17 bits per heavy atom. The second-order valence-corrected chi connectivity index (χ2v) is 8.49. The summed E-state index contributed by atoms with van der Waals surface area (Å²) in [4.78, 5) is 12.7. The van der Waals surface area contributed by atoms with Crippen LogP contribution in [-0.2, 0) is 14.8 Å². The van der Waals surface area contributed by atoms with Crippen LogP contribution in [-0.4, -0.2) is 38.4 Å². The number of rotatable bonds is 10. The van der Waals surface area contributed by atoms with E-state index in [1.54, 1.807) is 36.0 Å². The Balaban J connectivity index is 2.91. The molecule has 0 fully saturated rings. The smallest absolute Gasteiger partial charge is 0.241 e. The van der Waals surface area contributed by atoms with Crippen molar-refractivity contribution >= 4 is 27.7 Å². The molecule has 1 aromatic carbocycles. The maximum Gasteiger partial charge on any atom is 0.241 e. The van der Waals surface area contributed by atoms with Crippen LogP contribution in [0.1, 0.15) is 38.7 Å². The molecule has 1 unspecified atom stereocenters. The highest BCUT2D eigenvalue weighted by atomic mass is 32.2. The SMILES string of the molecule is CCC(CC)NC(=O)C(CCSC)NS(=O)(=O)c1ccc(C)cc1. The molecule has 1 aromatic rings. The summed E-state index contributed by atoms with van der Waals surface area (Å²) in [5.74, 6) is 0.450. The normalized spacial score (nSPS) is 13.0. The van der Waals surface area contributed by atoms with Crippen molar-refractivity contribution in [3.8, 4) is 0 Å². The molecular weight excluding hydrogens is 344 g/mol. The van der Waals surface area contributed by atoms with Gasteiger partial charge in [0, 0.05) is 6.04 Å². The summed E-state index contributed by atoms with van der Waals surface area (Å²) in [7, 11) is -3.72. The Kier molecular flexibility index (Phi) is 8.80. The van der Waals surface area contributed by atoms with Crippen LogP contribution in [0.25, 0.3) is 0 Å². The van der Waals surface area contributed by atoms with Crippen molar-refractivity contribution in [3.63, 3.8) is 0 Å². The summed E-state index contributed by atoms with van der Waals surface area (Å²) in [5.41, 5.74) is 0.986. The maximum absolute atomic E-state index is 12.5. The van der Waals surface area contributed by atoms with E-state index < -0.39 is 16.1 Å². The highest BCUT2D eigenvalue weighted by Gasteiger charge is 2.26. The molecular formula is C17H28N2O3S2. The summed E-state index contributed by atoms with van der Waals surface area (Å²) in [6.45, 7) is 5.90. The van der Waals surface area contributed by atoms with Gasteiger partial charge >= 0.3 is 0 Å². The van der Waals surface area contributed by atoms with Crippen LogP contribution in [0.4, 0.5) is 0 Å². The molecule has 0 saturated carbocycles.